The van der Waals surface area contributed by atoms with Gasteiger partial charge >= 0.3 is 17.9 Å². The van der Waals surface area contributed by atoms with Gasteiger partial charge in [-0.25, -0.2) is 4.79 Å². The van der Waals surface area contributed by atoms with E-state index in [1.807, 2.05) is 21.1 Å². The maximum Gasteiger partial charge on any atom is 0.362 e. The van der Waals surface area contributed by atoms with Gasteiger partial charge in [-0.05, 0) is 70.6 Å². The lowest BCUT2D eigenvalue weighted by atomic mass is 10.1. The zero-order valence-corrected chi connectivity index (χ0v) is 33.5. The van der Waals surface area contributed by atoms with Gasteiger partial charge in [-0.2, -0.15) is 0 Å². The first-order valence-electron chi connectivity index (χ1n) is 20.0. The second-order valence-corrected chi connectivity index (χ2v) is 14.2. The quantitative estimate of drug-likeness (QED) is 0.0231. The van der Waals surface area contributed by atoms with Gasteiger partial charge in [-0.3, -0.25) is 9.59 Å². The van der Waals surface area contributed by atoms with Crippen molar-refractivity contribution in [3.05, 3.63) is 72.9 Å². The molecule has 0 saturated carbocycles. The molecule has 8 heteroatoms. The number of carbonyl (C=O) groups is 3. The Hall–Kier alpha value is -3.23. The van der Waals surface area contributed by atoms with Gasteiger partial charge < -0.3 is 23.8 Å². The van der Waals surface area contributed by atoms with Gasteiger partial charge in [0.15, 0.2) is 12.1 Å². The summed E-state index contributed by atoms with van der Waals surface area (Å²) in [6.07, 6.45) is 42.4. The van der Waals surface area contributed by atoms with Crippen molar-refractivity contribution in [2.24, 2.45) is 0 Å². The van der Waals surface area contributed by atoms with Gasteiger partial charge in [0, 0.05) is 19.3 Å². The summed E-state index contributed by atoms with van der Waals surface area (Å²) in [5, 5.41) is 9.59. The molecule has 0 saturated heterocycles. The summed E-state index contributed by atoms with van der Waals surface area (Å²) in [6, 6.07) is -0.630. The molecule has 0 aliphatic rings. The summed E-state index contributed by atoms with van der Waals surface area (Å²) in [5.74, 6) is -1.59. The minimum atomic E-state index is -0.891. The van der Waals surface area contributed by atoms with Crippen molar-refractivity contribution in [1.29, 1.82) is 0 Å². The second kappa shape index (κ2) is 34.8. The Bertz CT molecular complexity index is 1080. The summed E-state index contributed by atoms with van der Waals surface area (Å²) in [5.41, 5.74) is 0. The molecular weight excluding hydrogens is 654 g/mol. The first kappa shape index (κ1) is 48.8. The number of carboxylic acid groups (broad SMARTS) is 1. The number of ether oxygens (including phenoxy) is 3. The molecule has 0 spiro atoms. The number of aliphatic carboxylic acids is 1. The molecule has 0 aromatic rings. The molecule has 0 aromatic carbocycles. The molecule has 8 nitrogen and oxygen atoms in total. The molecule has 0 amide bonds. The standard InChI is InChI=1S/C44H73NO7/c1-6-8-10-12-14-16-18-19-20-21-22-23-25-27-29-31-33-35-43(47)52-40(38-50-37-36-41(44(48)49)45(3,4)5)39-51-42(46)34-32-30-28-26-24-17-15-13-11-9-7-2/h13-17,19-20,22-24,27,29,40-41H,6-12,18,21,25-26,28,30-39H2,1-5H3/p+1/b15-13+,16-14+,20-19+,23-22+,24-17+,29-27+. The number of unbranched alkanes of at least 4 members (excludes halogenated alkanes) is 9. The molecule has 1 N–H and O–H groups in total. The molecule has 0 radical (unpaired) electrons. The SMILES string of the molecule is CCCC/C=C/C=C/CCCCCC(=O)OCC(COCCC(C(=O)O)[N+](C)(C)C)OC(=O)CCC/C=C/C/C=C/C/C=C/C/C=C/CCCCC. The summed E-state index contributed by atoms with van der Waals surface area (Å²) in [6.45, 7) is 4.53. The van der Waals surface area contributed by atoms with Crippen molar-refractivity contribution in [2.45, 2.75) is 148 Å². The van der Waals surface area contributed by atoms with Crippen LogP contribution in [0.4, 0.5) is 0 Å². The normalized spacial score (nSPS) is 13.8. The van der Waals surface area contributed by atoms with Gasteiger partial charge in [0.25, 0.3) is 0 Å². The van der Waals surface area contributed by atoms with Crippen molar-refractivity contribution in [3.8, 4) is 0 Å². The maximum absolute atomic E-state index is 12.7. The average Bonchev–Trinajstić information content (AvgIpc) is 3.09. The van der Waals surface area contributed by atoms with E-state index in [0.717, 1.165) is 57.8 Å². The van der Waals surface area contributed by atoms with E-state index in [4.69, 9.17) is 14.2 Å². The zero-order chi connectivity index (χ0) is 38.5. The Morgan fingerprint density at radius 2 is 1.12 bits per heavy atom. The van der Waals surface area contributed by atoms with Gasteiger partial charge in [0.1, 0.15) is 6.61 Å². The van der Waals surface area contributed by atoms with E-state index in [-0.39, 0.29) is 42.7 Å². The average molecular weight is 729 g/mol. The monoisotopic (exact) mass is 729 g/mol. The second-order valence-electron chi connectivity index (χ2n) is 14.2. The fraction of sp³-hybridized carbons (Fsp3) is 0.659. The molecular formula is C44H74NO7+. The van der Waals surface area contributed by atoms with Crippen LogP contribution in [0.5, 0.6) is 0 Å². The first-order chi connectivity index (χ1) is 25.1. The Morgan fingerprint density at radius 3 is 1.69 bits per heavy atom. The fourth-order valence-corrected chi connectivity index (χ4v) is 5.18. The van der Waals surface area contributed by atoms with Crippen LogP contribution in [0, 0.1) is 0 Å². The van der Waals surface area contributed by atoms with E-state index in [2.05, 4.69) is 86.8 Å². The smallest absolute Gasteiger partial charge is 0.362 e. The fourth-order valence-electron chi connectivity index (χ4n) is 5.18. The van der Waals surface area contributed by atoms with E-state index in [0.29, 0.717) is 19.3 Å². The lowest BCUT2D eigenvalue weighted by Gasteiger charge is -2.31. The van der Waals surface area contributed by atoms with E-state index in [1.54, 1.807) is 0 Å². The van der Waals surface area contributed by atoms with Crippen LogP contribution in [-0.2, 0) is 28.6 Å². The molecule has 0 aromatic heterocycles. The van der Waals surface area contributed by atoms with Crippen LogP contribution in [0.1, 0.15) is 136 Å². The molecule has 0 aliphatic heterocycles. The molecule has 0 fully saturated rings. The van der Waals surface area contributed by atoms with Gasteiger partial charge in [0.2, 0.25) is 0 Å². The molecule has 0 heterocycles. The molecule has 296 valence electrons. The highest BCUT2D eigenvalue weighted by Crippen LogP contribution is 2.11. The molecule has 0 rings (SSSR count). The number of allylic oxidation sites excluding steroid dienone is 12. The van der Waals surface area contributed by atoms with E-state index >= 15 is 0 Å². The highest BCUT2D eigenvalue weighted by molar-refractivity contribution is 5.72. The third kappa shape index (κ3) is 32.7. The third-order valence-electron chi connectivity index (χ3n) is 8.36. The lowest BCUT2D eigenvalue weighted by Crippen LogP contribution is -2.50. The first-order valence-corrected chi connectivity index (χ1v) is 20.0. The van der Waals surface area contributed by atoms with Crippen molar-refractivity contribution in [3.63, 3.8) is 0 Å². The highest BCUT2D eigenvalue weighted by Gasteiger charge is 2.31. The number of hydrogen-bond donors (Lipinski definition) is 1. The molecule has 0 aliphatic carbocycles. The predicted octanol–water partition coefficient (Wildman–Crippen LogP) is 10.4. The van der Waals surface area contributed by atoms with Crippen LogP contribution in [0.15, 0.2) is 72.9 Å². The van der Waals surface area contributed by atoms with Gasteiger partial charge in [-0.15, -0.1) is 0 Å². The molecule has 0 bridgehead atoms. The van der Waals surface area contributed by atoms with Crippen LogP contribution in [0.25, 0.3) is 0 Å². The molecule has 2 atom stereocenters. The number of nitrogens with zero attached hydrogens (tertiary/aromatic N) is 1. The van der Waals surface area contributed by atoms with Crippen molar-refractivity contribution >= 4 is 17.9 Å². The number of hydrogen-bond acceptors (Lipinski definition) is 6. The van der Waals surface area contributed by atoms with E-state index in [9.17, 15) is 19.5 Å². The van der Waals surface area contributed by atoms with E-state index < -0.39 is 18.1 Å². The number of carboxylic acids is 1. The van der Waals surface area contributed by atoms with Crippen LogP contribution in [-0.4, -0.2) is 80.6 Å². The Kier molecular flexibility index (Phi) is 32.7. The largest absolute Gasteiger partial charge is 0.477 e. The molecule has 52 heavy (non-hydrogen) atoms. The van der Waals surface area contributed by atoms with Crippen molar-refractivity contribution in [1.82, 2.24) is 0 Å². The lowest BCUT2D eigenvalue weighted by molar-refractivity contribution is -0.887. The minimum absolute atomic E-state index is 0.0267. The minimum Gasteiger partial charge on any atom is -0.477 e. The summed E-state index contributed by atoms with van der Waals surface area (Å²) in [7, 11) is 5.48. The Morgan fingerprint density at radius 1 is 0.596 bits per heavy atom. The number of quaternary nitrogens is 1. The van der Waals surface area contributed by atoms with Crippen molar-refractivity contribution < 1.29 is 38.2 Å². The van der Waals surface area contributed by atoms with Crippen LogP contribution < -0.4 is 0 Å². The zero-order valence-electron chi connectivity index (χ0n) is 33.5. The highest BCUT2D eigenvalue weighted by atomic mass is 16.6. The summed E-state index contributed by atoms with van der Waals surface area (Å²) < 4.78 is 17.1. The Balaban J connectivity index is 4.56. The third-order valence-corrected chi connectivity index (χ3v) is 8.36. The van der Waals surface area contributed by atoms with Gasteiger partial charge in [-0.1, -0.05) is 119 Å². The predicted molar refractivity (Wildman–Crippen MR) is 215 cm³/mol. The van der Waals surface area contributed by atoms with Crippen molar-refractivity contribution in [2.75, 3.05) is 41.0 Å². The summed E-state index contributed by atoms with van der Waals surface area (Å²) in [4.78, 5) is 36.8. The number of esters is 2. The number of carbonyl (C=O) groups excluding carboxylic acids is 2. The number of rotatable bonds is 34. The number of likely N-dealkylation sites (N-methyl/N-ethyl adjacent to an activating group) is 1. The summed E-state index contributed by atoms with van der Waals surface area (Å²) >= 11 is 0. The van der Waals surface area contributed by atoms with Crippen LogP contribution in [0.2, 0.25) is 0 Å². The van der Waals surface area contributed by atoms with Gasteiger partial charge in [0.05, 0.1) is 34.4 Å². The Labute approximate surface area is 317 Å². The topological polar surface area (TPSA) is 99.1 Å². The van der Waals surface area contributed by atoms with E-state index in [1.165, 1.54) is 38.5 Å². The van der Waals surface area contributed by atoms with Crippen LogP contribution in [0.3, 0.4) is 0 Å². The van der Waals surface area contributed by atoms with Crippen LogP contribution >= 0.6 is 0 Å². The molecule has 2 unspecified atom stereocenters. The maximum atomic E-state index is 12.7.